The molecular weight excluding hydrogens is 300 g/mol. The van der Waals surface area contributed by atoms with Gasteiger partial charge in [-0.25, -0.2) is 0 Å². The van der Waals surface area contributed by atoms with E-state index in [1.807, 2.05) is 0 Å². The summed E-state index contributed by atoms with van der Waals surface area (Å²) in [6.45, 7) is 2.03. The van der Waals surface area contributed by atoms with E-state index in [1.165, 1.54) is 6.07 Å². The van der Waals surface area contributed by atoms with Crippen LogP contribution in [0.2, 0.25) is 0 Å². The van der Waals surface area contributed by atoms with Gasteiger partial charge in [-0.05, 0) is 24.8 Å². The minimum absolute atomic E-state index is 0.0274. The molecule has 0 spiro atoms. The molecule has 0 bridgehead atoms. The second kappa shape index (κ2) is 9.40. The summed E-state index contributed by atoms with van der Waals surface area (Å²) in [5.41, 5.74) is 0.0274. The van der Waals surface area contributed by atoms with E-state index in [2.05, 4.69) is 5.14 Å². The van der Waals surface area contributed by atoms with Crippen molar-refractivity contribution in [3.8, 4) is 5.75 Å². The Balaban J connectivity index is 0.000000491. The van der Waals surface area contributed by atoms with Crippen molar-refractivity contribution in [1.29, 1.82) is 0 Å². The Morgan fingerprint density at radius 1 is 1.38 bits per heavy atom. The van der Waals surface area contributed by atoms with E-state index in [9.17, 15) is 10.1 Å². The maximum absolute atomic E-state index is 10.8. The third-order valence-electron chi connectivity index (χ3n) is 2.88. The average Bonchev–Trinajstić information content (AvgIpc) is 2.46. The zero-order valence-corrected chi connectivity index (χ0v) is 12.1. The van der Waals surface area contributed by atoms with E-state index in [0.717, 1.165) is 26.1 Å². The topological polar surface area (TPSA) is 128 Å². The van der Waals surface area contributed by atoms with Gasteiger partial charge in [-0.15, -0.1) is 0 Å². The van der Waals surface area contributed by atoms with Gasteiger partial charge in [-0.1, -0.05) is 12.1 Å². The Morgan fingerprint density at radius 3 is 2.52 bits per heavy atom. The van der Waals surface area contributed by atoms with Crippen LogP contribution in [0.3, 0.4) is 0 Å². The summed E-state index contributed by atoms with van der Waals surface area (Å²) < 4.78 is 28.3. The van der Waals surface area contributed by atoms with E-state index in [-0.39, 0.29) is 5.69 Å². The van der Waals surface area contributed by atoms with Gasteiger partial charge < -0.3 is 14.0 Å². The highest BCUT2D eigenvalue weighted by Crippen LogP contribution is 2.27. The predicted octanol–water partition coefficient (Wildman–Crippen LogP) is 1.14. The van der Waals surface area contributed by atoms with Gasteiger partial charge in [0.05, 0.1) is 11.5 Å². The number of benzene rings is 1. The van der Waals surface area contributed by atoms with Gasteiger partial charge in [0.25, 0.3) is 0 Å². The molecule has 21 heavy (non-hydrogen) atoms. The van der Waals surface area contributed by atoms with E-state index in [1.54, 1.807) is 18.2 Å². The molecule has 9 heteroatoms. The van der Waals surface area contributed by atoms with E-state index >= 15 is 0 Å². The summed E-state index contributed by atoms with van der Waals surface area (Å²) >= 11 is -2.36. The van der Waals surface area contributed by atoms with Gasteiger partial charge in [0.2, 0.25) is 0 Å². The molecule has 1 aliphatic rings. The molecule has 0 saturated carbocycles. The van der Waals surface area contributed by atoms with Gasteiger partial charge in [-0.2, -0.15) is 0 Å². The zero-order chi connectivity index (χ0) is 15.7. The van der Waals surface area contributed by atoms with Gasteiger partial charge in [0, 0.05) is 30.5 Å². The zero-order valence-electron chi connectivity index (χ0n) is 11.3. The first-order valence-corrected chi connectivity index (χ1v) is 7.42. The van der Waals surface area contributed by atoms with Crippen LogP contribution < -0.4 is 9.88 Å². The van der Waals surface area contributed by atoms with Crippen molar-refractivity contribution < 1.29 is 23.2 Å². The lowest BCUT2D eigenvalue weighted by Crippen LogP contribution is -2.21. The van der Waals surface area contributed by atoms with Crippen molar-refractivity contribution >= 4 is 17.0 Å². The SMILES string of the molecule is NS(=O)[O-].O=[N+]([O-])c1ccccc1OCC1CCOCC1. The van der Waals surface area contributed by atoms with Gasteiger partial charge >= 0.3 is 5.69 Å². The molecule has 1 aromatic rings. The lowest BCUT2D eigenvalue weighted by Gasteiger charge is -2.21. The highest BCUT2D eigenvalue weighted by Gasteiger charge is 2.18. The third-order valence-corrected chi connectivity index (χ3v) is 2.88. The lowest BCUT2D eigenvalue weighted by molar-refractivity contribution is -0.385. The summed E-state index contributed by atoms with van der Waals surface area (Å²) in [6, 6.07) is 6.47. The van der Waals surface area contributed by atoms with Crippen molar-refractivity contribution in [2.24, 2.45) is 11.1 Å². The van der Waals surface area contributed by atoms with E-state index in [0.29, 0.717) is 18.3 Å². The first kappa shape index (κ1) is 17.5. The number of hydrogen-bond acceptors (Lipinski definition) is 6. The summed E-state index contributed by atoms with van der Waals surface area (Å²) in [4.78, 5) is 10.4. The molecule has 1 aliphatic heterocycles. The van der Waals surface area contributed by atoms with Crippen LogP contribution in [0.4, 0.5) is 5.69 Å². The smallest absolute Gasteiger partial charge is 0.310 e. The number of ether oxygens (including phenoxy) is 2. The molecule has 0 amide bonds. The summed E-state index contributed by atoms with van der Waals surface area (Å²) in [5.74, 6) is 0.785. The molecule has 0 aliphatic carbocycles. The van der Waals surface area contributed by atoms with Crippen molar-refractivity contribution in [2.45, 2.75) is 12.8 Å². The molecule has 0 radical (unpaired) electrons. The van der Waals surface area contributed by atoms with Crippen LogP contribution in [0.15, 0.2) is 24.3 Å². The molecular formula is C12H17N2O6S-. The highest BCUT2D eigenvalue weighted by molar-refractivity contribution is 7.76. The van der Waals surface area contributed by atoms with Gasteiger partial charge in [0.15, 0.2) is 5.75 Å². The second-order valence-electron chi connectivity index (χ2n) is 4.35. The number of para-hydroxylation sites is 2. The Bertz CT molecular complexity index is 475. The number of rotatable bonds is 4. The first-order valence-electron chi connectivity index (χ1n) is 6.28. The van der Waals surface area contributed by atoms with Crippen molar-refractivity contribution in [2.75, 3.05) is 19.8 Å². The fourth-order valence-corrected chi connectivity index (χ4v) is 1.85. The molecule has 1 aromatic carbocycles. The molecule has 1 fully saturated rings. The monoisotopic (exact) mass is 317 g/mol. The van der Waals surface area contributed by atoms with E-state index in [4.69, 9.17) is 18.2 Å². The minimum atomic E-state index is -2.36. The number of nitrogens with zero attached hydrogens (tertiary/aromatic N) is 1. The average molecular weight is 317 g/mol. The quantitative estimate of drug-likeness (QED) is 0.504. The summed E-state index contributed by atoms with van der Waals surface area (Å²) in [5, 5.41) is 14.8. The van der Waals surface area contributed by atoms with Gasteiger partial charge in [0.1, 0.15) is 0 Å². The van der Waals surface area contributed by atoms with E-state index < -0.39 is 16.2 Å². The van der Waals surface area contributed by atoms with Crippen LogP contribution in [-0.2, 0) is 16.0 Å². The Hall–Kier alpha value is -1.55. The van der Waals surface area contributed by atoms with Crippen molar-refractivity contribution in [3.63, 3.8) is 0 Å². The minimum Gasteiger partial charge on any atom is -0.760 e. The Labute approximate surface area is 124 Å². The van der Waals surface area contributed by atoms with Crippen LogP contribution in [-0.4, -0.2) is 33.5 Å². The largest absolute Gasteiger partial charge is 0.760 e. The van der Waals surface area contributed by atoms with Crippen LogP contribution in [0, 0.1) is 16.0 Å². The number of nitro groups is 1. The van der Waals surface area contributed by atoms with Gasteiger partial charge in [-0.3, -0.25) is 19.5 Å². The molecule has 1 unspecified atom stereocenters. The standard InChI is InChI=1S/C12H15NO4.H3NO2S/c14-13(15)11-3-1-2-4-12(11)17-9-10-5-7-16-8-6-10;1-4(2)3/h1-4,10H,5-9H2;1H2,(H,2,3)/p-1. The van der Waals surface area contributed by atoms with Crippen LogP contribution in [0.25, 0.3) is 0 Å². The maximum atomic E-state index is 10.8. The second-order valence-corrected chi connectivity index (χ2v) is 4.87. The number of nitrogens with two attached hydrogens (primary N) is 1. The van der Waals surface area contributed by atoms with Crippen LogP contribution >= 0.6 is 0 Å². The fourth-order valence-electron chi connectivity index (χ4n) is 1.85. The Kier molecular flexibility index (Phi) is 7.83. The third kappa shape index (κ3) is 7.14. The molecule has 2 rings (SSSR count). The summed E-state index contributed by atoms with van der Waals surface area (Å²) in [7, 11) is 0. The highest BCUT2D eigenvalue weighted by atomic mass is 32.2. The van der Waals surface area contributed by atoms with Crippen molar-refractivity contribution in [1.82, 2.24) is 0 Å². The lowest BCUT2D eigenvalue weighted by atomic mass is 10.0. The summed E-state index contributed by atoms with van der Waals surface area (Å²) in [6.07, 6.45) is 1.92. The predicted molar refractivity (Wildman–Crippen MR) is 75.2 cm³/mol. The number of nitro benzene ring substituents is 1. The molecule has 2 N–H and O–H groups in total. The number of hydrogen-bond donors (Lipinski definition) is 1. The molecule has 1 heterocycles. The molecule has 8 nitrogen and oxygen atoms in total. The molecule has 1 saturated heterocycles. The maximum Gasteiger partial charge on any atom is 0.310 e. The molecule has 0 aromatic heterocycles. The molecule has 1 atom stereocenters. The molecule has 118 valence electrons. The van der Waals surface area contributed by atoms with Crippen LogP contribution in [0.5, 0.6) is 5.75 Å². The first-order chi connectivity index (χ1) is 10.0. The van der Waals surface area contributed by atoms with Crippen molar-refractivity contribution in [3.05, 3.63) is 34.4 Å². The normalized spacial score (nSPS) is 16.5. The Morgan fingerprint density at radius 2 is 1.95 bits per heavy atom. The fraction of sp³-hybridized carbons (Fsp3) is 0.500. The van der Waals surface area contributed by atoms with Crippen LogP contribution in [0.1, 0.15) is 12.8 Å².